The topological polar surface area (TPSA) is 29.5 Å². The Bertz CT molecular complexity index is 243. The van der Waals surface area contributed by atoms with E-state index in [2.05, 4.69) is 12.2 Å². The summed E-state index contributed by atoms with van der Waals surface area (Å²) in [7, 11) is 0. The molecule has 0 saturated carbocycles. The number of rotatable bonds is 2. The molecule has 0 aromatic heterocycles. The lowest BCUT2D eigenvalue weighted by atomic mass is 9.85. The number of hydrogen-bond donors (Lipinski definition) is 1. The fourth-order valence-electron chi connectivity index (χ4n) is 2.21. The van der Waals surface area contributed by atoms with Crippen molar-refractivity contribution in [1.82, 2.24) is 0 Å². The van der Waals surface area contributed by atoms with Crippen molar-refractivity contribution >= 4 is 0 Å². The van der Waals surface area contributed by atoms with Crippen molar-refractivity contribution in [3.05, 3.63) is 24.0 Å². The molecule has 2 rings (SSSR count). The van der Waals surface area contributed by atoms with E-state index in [9.17, 15) is 5.11 Å². The maximum atomic E-state index is 10.1. The molecule has 2 nitrogen and oxygen atoms in total. The lowest BCUT2D eigenvalue weighted by molar-refractivity contribution is 0.114. The highest BCUT2D eigenvalue weighted by molar-refractivity contribution is 5.10. The third-order valence-electron chi connectivity index (χ3n) is 3.10. The summed E-state index contributed by atoms with van der Waals surface area (Å²) in [6, 6.07) is 0. The van der Waals surface area contributed by atoms with Gasteiger partial charge in [-0.1, -0.05) is 12.2 Å². The first kappa shape index (κ1) is 9.78. The van der Waals surface area contributed by atoms with Gasteiger partial charge in [0.05, 0.1) is 19.0 Å². The Hall–Kier alpha value is -0.760. The van der Waals surface area contributed by atoms with Gasteiger partial charge in [0.2, 0.25) is 0 Å². The highest BCUT2D eigenvalue weighted by Gasteiger charge is 2.24. The van der Waals surface area contributed by atoms with Crippen LogP contribution in [0.3, 0.4) is 0 Å². The van der Waals surface area contributed by atoms with E-state index < -0.39 is 0 Å². The quantitative estimate of drug-likeness (QED) is 0.684. The normalized spacial score (nSPS) is 29.2. The molecule has 0 amide bonds. The van der Waals surface area contributed by atoms with E-state index in [1.165, 1.54) is 0 Å². The first-order chi connectivity index (χ1) is 6.88. The van der Waals surface area contributed by atoms with Crippen molar-refractivity contribution in [3.8, 4) is 0 Å². The zero-order valence-electron chi connectivity index (χ0n) is 8.48. The first-order valence-electron chi connectivity index (χ1n) is 5.51. The van der Waals surface area contributed by atoms with Crippen molar-refractivity contribution in [2.24, 2.45) is 5.92 Å². The Kier molecular flexibility index (Phi) is 3.25. The van der Waals surface area contributed by atoms with Gasteiger partial charge in [0.25, 0.3) is 0 Å². The zero-order valence-corrected chi connectivity index (χ0v) is 8.48. The van der Waals surface area contributed by atoms with Gasteiger partial charge in [-0.05, 0) is 43.6 Å². The summed E-state index contributed by atoms with van der Waals surface area (Å²) in [6.07, 6.45) is 11.2. The number of aliphatic hydroxyl groups excluding tert-OH is 1. The average Bonchev–Trinajstić information content (AvgIpc) is 2.30. The molecular formula is C12H18O2. The van der Waals surface area contributed by atoms with Gasteiger partial charge in [-0.25, -0.2) is 0 Å². The van der Waals surface area contributed by atoms with E-state index in [0.717, 1.165) is 44.3 Å². The van der Waals surface area contributed by atoms with Crippen molar-refractivity contribution in [2.45, 2.75) is 38.2 Å². The molecule has 0 spiro atoms. The van der Waals surface area contributed by atoms with Crippen molar-refractivity contribution in [3.63, 3.8) is 0 Å². The number of aliphatic hydroxyl groups is 1. The van der Waals surface area contributed by atoms with Crippen molar-refractivity contribution in [1.29, 1.82) is 0 Å². The van der Waals surface area contributed by atoms with E-state index in [1.807, 2.05) is 0 Å². The summed E-state index contributed by atoms with van der Waals surface area (Å²) in [5.74, 6) is 0.410. The monoisotopic (exact) mass is 194 g/mol. The van der Waals surface area contributed by atoms with Gasteiger partial charge in [-0.2, -0.15) is 0 Å². The zero-order chi connectivity index (χ0) is 9.80. The minimum Gasteiger partial charge on any atom is -0.501 e. The SMILES string of the molecule is OC(C1=COCCC1)C1CC=CCC1. The second-order valence-corrected chi connectivity index (χ2v) is 4.16. The second-order valence-electron chi connectivity index (χ2n) is 4.16. The van der Waals surface area contributed by atoms with Crippen LogP contribution in [0.2, 0.25) is 0 Å². The predicted molar refractivity (Wildman–Crippen MR) is 55.8 cm³/mol. The van der Waals surface area contributed by atoms with Gasteiger partial charge in [-0.3, -0.25) is 0 Å². The van der Waals surface area contributed by atoms with Crippen LogP contribution in [0.25, 0.3) is 0 Å². The van der Waals surface area contributed by atoms with Crippen LogP contribution in [0.15, 0.2) is 24.0 Å². The van der Waals surface area contributed by atoms with Crippen LogP contribution < -0.4 is 0 Å². The molecule has 0 aromatic carbocycles. The number of ether oxygens (including phenoxy) is 1. The van der Waals surface area contributed by atoms with Gasteiger partial charge in [-0.15, -0.1) is 0 Å². The smallest absolute Gasteiger partial charge is 0.0876 e. The standard InChI is InChI=1S/C12H18O2/c13-12(10-5-2-1-3-6-10)11-7-4-8-14-9-11/h1-2,9-10,12-13H,3-8H2. The Morgan fingerprint density at radius 1 is 1.43 bits per heavy atom. The average molecular weight is 194 g/mol. The maximum absolute atomic E-state index is 10.1. The molecule has 1 heterocycles. The first-order valence-corrected chi connectivity index (χ1v) is 5.51. The molecule has 1 N–H and O–H groups in total. The Morgan fingerprint density at radius 2 is 2.36 bits per heavy atom. The van der Waals surface area contributed by atoms with Gasteiger partial charge in [0.1, 0.15) is 0 Å². The van der Waals surface area contributed by atoms with Crippen LogP contribution >= 0.6 is 0 Å². The fourth-order valence-corrected chi connectivity index (χ4v) is 2.21. The highest BCUT2D eigenvalue weighted by Crippen LogP contribution is 2.28. The lowest BCUT2D eigenvalue weighted by Crippen LogP contribution is -2.25. The Labute approximate surface area is 85.3 Å². The summed E-state index contributed by atoms with van der Waals surface area (Å²) in [5, 5.41) is 10.1. The summed E-state index contributed by atoms with van der Waals surface area (Å²) in [6.45, 7) is 0.806. The van der Waals surface area contributed by atoms with E-state index in [0.29, 0.717) is 5.92 Å². The van der Waals surface area contributed by atoms with Crippen LogP contribution in [0, 0.1) is 5.92 Å². The molecule has 2 atom stereocenters. The maximum Gasteiger partial charge on any atom is 0.0876 e. The largest absolute Gasteiger partial charge is 0.501 e. The second kappa shape index (κ2) is 4.65. The van der Waals surface area contributed by atoms with Crippen LogP contribution in [-0.4, -0.2) is 17.8 Å². The van der Waals surface area contributed by atoms with Crippen LogP contribution in [0.4, 0.5) is 0 Å². The summed E-state index contributed by atoms with van der Waals surface area (Å²) >= 11 is 0. The highest BCUT2D eigenvalue weighted by atomic mass is 16.5. The lowest BCUT2D eigenvalue weighted by Gasteiger charge is -2.27. The fraction of sp³-hybridized carbons (Fsp3) is 0.667. The molecule has 1 aliphatic heterocycles. The van der Waals surface area contributed by atoms with E-state index in [4.69, 9.17) is 4.74 Å². The van der Waals surface area contributed by atoms with Crippen molar-refractivity contribution < 1.29 is 9.84 Å². The number of hydrogen-bond acceptors (Lipinski definition) is 2. The molecule has 78 valence electrons. The predicted octanol–water partition coefficient (Wildman–Crippen LogP) is 2.40. The van der Waals surface area contributed by atoms with Crippen molar-refractivity contribution in [2.75, 3.05) is 6.61 Å². The molecular weight excluding hydrogens is 176 g/mol. The molecule has 0 bridgehead atoms. The summed E-state index contributed by atoms with van der Waals surface area (Å²) < 4.78 is 5.25. The number of allylic oxidation sites excluding steroid dienone is 2. The molecule has 0 aromatic rings. The minimum absolute atomic E-state index is 0.278. The van der Waals surface area contributed by atoms with Gasteiger partial charge in [0.15, 0.2) is 0 Å². The molecule has 2 heteroatoms. The van der Waals surface area contributed by atoms with Gasteiger partial charge in [0, 0.05) is 0 Å². The van der Waals surface area contributed by atoms with Gasteiger partial charge < -0.3 is 9.84 Å². The van der Waals surface area contributed by atoms with E-state index in [-0.39, 0.29) is 6.10 Å². The summed E-state index contributed by atoms with van der Waals surface area (Å²) in [4.78, 5) is 0. The van der Waals surface area contributed by atoms with Gasteiger partial charge >= 0.3 is 0 Å². The molecule has 2 aliphatic rings. The molecule has 0 fully saturated rings. The molecule has 1 aliphatic carbocycles. The molecule has 14 heavy (non-hydrogen) atoms. The third kappa shape index (κ3) is 2.18. The van der Waals surface area contributed by atoms with Crippen LogP contribution in [0.1, 0.15) is 32.1 Å². The molecule has 0 radical (unpaired) electrons. The Balaban J connectivity index is 1.95. The van der Waals surface area contributed by atoms with E-state index >= 15 is 0 Å². The van der Waals surface area contributed by atoms with Crippen LogP contribution in [0.5, 0.6) is 0 Å². The van der Waals surface area contributed by atoms with E-state index in [1.54, 1.807) is 6.26 Å². The third-order valence-corrected chi connectivity index (χ3v) is 3.10. The Morgan fingerprint density at radius 3 is 3.00 bits per heavy atom. The molecule has 2 unspecified atom stereocenters. The molecule has 0 saturated heterocycles. The summed E-state index contributed by atoms with van der Waals surface area (Å²) in [5.41, 5.74) is 1.09. The minimum atomic E-state index is -0.278. The van der Waals surface area contributed by atoms with Crippen LogP contribution in [-0.2, 0) is 4.74 Å².